The van der Waals surface area contributed by atoms with Gasteiger partial charge in [0, 0.05) is 38.9 Å². The third kappa shape index (κ3) is 4.70. The monoisotopic (exact) mass is 291 g/mol. The molecule has 0 unspecified atom stereocenters. The first-order valence-electron chi connectivity index (χ1n) is 7.43. The van der Waals surface area contributed by atoms with Gasteiger partial charge in [-0.05, 0) is 39.3 Å². The van der Waals surface area contributed by atoms with Gasteiger partial charge in [0.2, 0.25) is 0 Å². The van der Waals surface area contributed by atoms with E-state index in [4.69, 9.17) is 4.74 Å². The SMILES string of the molecule is CN(C(=O)OC(C)(C)C)[C@@H]1CCN(Cc2ccccn2)C1. The van der Waals surface area contributed by atoms with Crippen molar-refractivity contribution in [3.8, 4) is 0 Å². The highest BCUT2D eigenvalue weighted by Gasteiger charge is 2.30. The molecule has 1 aliphatic rings. The van der Waals surface area contributed by atoms with E-state index >= 15 is 0 Å². The van der Waals surface area contributed by atoms with Gasteiger partial charge in [0.25, 0.3) is 0 Å². The van der Waals surface area contributed by atoms with E-state index in [1.165, 1.54) is 0 Å². The highest BCUT2D eigenvalue weighted by Crippen LogP contribution is 2.19. The van der Waals surface area contributed by atoms with Crippen molar-refractivity contribution in [2.75, 3.05) is 20.1 Å². The number of hydrogen-bond acceptors (Lipinski definition) is 4. The zero-order chi connectivity index (χ0) is 15.5. The Bertz CT molecular complexity index is 470. The average molecular weight is 291 g/mol. The smallest absolute Gasteiger partial charge is 0.410 e. The summed E-state index contributed by atoms with van der Waals surface area (Å²) in [6.07, 6.45) is 2.55. The van der Waals surface area contributed by atoms with Crippen molar-refractivity contribution in [1.82, 2.24) is 14.8 Å². The van der Waals surface area contributed by atoms with E-state index in [1.807, 2.05) is 52.2 Å². The molecule has 1 saturated heterocycles. The molecule has 1 aromatic rings. The van der Waals surface area contributed by atoms with Crippen LogP contribution < -0.4 is 0 Å². The second-order valence-electron chi connectivity index (χ2n) is 6.59. The second kappa shape index (κ2) is 6.43. The minimum absolute atomic E-state index is 0.212. The van der Waals surface area contributed by atoms with Crippen LogP contribution >= 0.6 is 0 Å². The average Bonchev–Trinajstić information content (AvgIpc) is 2.85. The van der Waals surface area contributed by atoms with Crippen LogP contribution in [-0.2, 0) is 11.3 Å². The predicted octanol–water partition coefficient (Wildman–Crippen LogP) is 2.52. The van der Waals surface area contributed by atoms with Crippen molar-refractivity contribution < 1.29 is 9.53 Å². The first kappa shape index (κ1) is 15.8. The Labute approximate surface area is 126 Å². The minimum atomic E-state index is -0.447. The van der Waals surface area contributed by atoms with Gasteiger partial charge in [0.15, 0.2) is 0 Å². The first-order valence-corrected chi connectivity index (χ1v) is 7.43. The molecule has 0 saturated carbocycles. The van der Waals surface area contributed by atoms with E-state index in [-0.39, 0.29) is 12.1 Å². The molecule has 1 fully saturated rings. The van der Waals surface area contributed by atoms with Gasteiger partial charge in [-0.15, -0.1) is 0 Å². The highest BCUT2D eigenvalue weighted by atomic mass is 16.6. The van der Waals surface area contributed by atoms with Crippen LogP contribution in [-0.4, -0.2) is 52.7 Å². The second-order valence-corrected chi connectivity index (χ2v) is 6.59. The summed E-state index contributed by atoms with van der Waals surface area (Å²) in [5, 5.41) is 0. The van der Waals surface area contributed by atoms with E-state index < -0.39 is 5.60 Å². The lowest BCUT2D eigenvalue weighted by atomic mass is 10.2. The van der Waals surface area contributed by atoms with Crippen LogP contribution in [0.4, 0.5) is 4.79 Å². The topological polar surface area (TPSA) is 45.7 Å². The summed E-state index contributed by atoms with van der Waals surface area (Å²) in [6.45, 7) is 8.35. The Morgan fingerprint density at radius 1 is 1.48 bits per heavy atom. The summed E-state index contributed by atoms with van der Waals surface area (Å²) in [4.78, 5) is 20.5. The molecular formula is C16H25N3O2. The molecule has 21 heavy (non-hydrogen) atoms. The van der Waals surface area contributed by atoms with E-state index in [0.29, 0.717) is 0 Å². The van der Waals surface area contributed by atoms with Gasteiger partial charge in [-0.1, -0.05) is 6.07 Å². The van der Waals surface area contributed by atoms with Crippen LogP contribution in [0.5, 0.6) is 0 Å². The lowest BCUT2D eigenvalue weighted by Gasteiger charge is -2.28. The van der Waals surface area contributed by atoms with Crippen molar-refractivity contribution in [2.45, 2.75) is 45.4 Å². The Kier molecular flexibility index (Phi) is 4.83. The molecule has 1 aliphatic heterocycles. The maximum atomic E-state index is 12.1. The number of carbonyl (C=O) groups excluding carboxylic acids is 1. The number of carbonyl (C=O) groups is 1. The number of nitrogens with zero attached hydrogens (tertiary/aromatic N) is 3. The largest absolute Gasteiger partial charge is 0.444 e. The maximum Gasteiger partial charge on any atom is 0.410 e. The molecule has 0 N–H and O–H groups in total. The van der Waals surface area contributed by atoms with Gasteiger partial charge in [-0.25, -0.2) is 4.79 Å². The molecule has 1 amide bonds. The molecule has 0 aliphatic carbocycles. The summed E-state index contributed by atoms with van der Waals surface area (Å²) in [5.74, 6) is 0. The quantitative estimate of drug-likeness (QED) is 0.858. The molecule has 1 atom stereocenters. The molecule has 0 bridgehead atoms. The Hall–Kier alpha value is -1.62. The zero-order valence-corrected chi connectivity index (χ0v) is 13.4. The van der Waals surface area contributed by atoms with Crippen molar-refractivity contribution in [2.24, 2.45) is 0 Å². The van der Waals surface area contributed by atoms with Gasteiger partial charge in [0.05, 0.1) is 5.69 Å². The zero-order valence-electron chi connectivity index (χ0n) is 13.4. The maximum absolute atomic E-state index is 12.1. The van der Waals surface area contributed by atoms with Crippen LogP contribution in [0.2, 0.25) is 0 Å². The summed E-state index contributed by atoms with van der Waals surface area (Å²) in [7, 11) is 1.82. The Morgan fingerprint density at radius 3 is 2.86 bits per heavy atom. The molecule has 116 valence electrons. The summed E-state index contributed by atoms with van der Waals surface area (Å²) < 4.78 is 5.42. The molecule has 5 heteroatoms. The van der Waals surface area contributed by atoms with Gasteiger partial charge in [-0.3, -0.25) is 9.88 Å². The number of likely N-dealkylation sites (tertiary alicyclic amines) is 1. The Morgan fingerprint density at radius 2 is 2.24 bits per heavy atom. The minimum Gasteiger partial charge on any atom is -0.444 e. The predicted molar refractivity (Wildman–Crippen MR) is 81.9 cm³/mol. The molecule has 0 aromatic carbocycles. The molecule has 0 spiro atoms. The normalized spacial score (nSPS) is 19.5. The lowest BCUT2D eigenvalue weighted by Crippen LogP contribution is -2.42. The summed E-state index contributed by atoms with van der Waals surface area (Å²) >= 11 is 0. The summed E-state index contributed by atoms with van der Waals surface area (Å²) in [5.41, 5.74) is 0.621. The van der Waals surface area contributed by atoms with Crippen molar-refractivity contribution in [1.29, 1.82) is 0 Å². The molecule has 1 aromatic heterocycles. The van der Waals surface area contributed by atoms with Crippen LogP contribution in [0.3, 0.4) is 0 Å². The van der Waals surface area contributed by atoms with Crippen LogP contribution in [0, 0.1) is 0 Å². The van der Waals surface area contributed by atoms with Gasteiger partial charge in [-0.2, -0.15) is 0 Å². The fourth-order valence-electron chi connectivity index (χ4n) is 2.48. The first-order chi connectivity index (χ1) is 9.85. The fraction of sp³-hybridized carbons (Fsp3) is 0.625. The fourth-order valence-corrected chi connectivity index (χ4v) is 2.48. The van der Waals surface area contributed by atoms with Crippen LogP contribution in [0.1, 0.15) is 32.9 Å². The number of ether oxygens (including phenoxy) is 1. The molecule has 0 radical (unpaired) electrons. The number of aromatic nitrogens is 1. The Balaban J connectivity index is 1.85. The van der Waals surface area contributed by atoms with Crippen molar-refractivity contribution >= 4 is 6.09 Å². The lowest BCUT2D eigenvalue weighted by molar-refractivity contribution is 0.0228. The van der Waals surface area contributed by atoms with E-state index in [1.54, 1.807) is 4.90 Å². The van der Waals surface area contributed by atoms with Gasteiger partial charge >= 0.3 is 6.09 Å². The van der Waals surface area contributed by atoms with Gasteiger partial charge < -0.3 is 9.64 Å². The molecule has 5 nitrogen and oxygen atoms in total. The standard InChI is InChI=1S/C16H25N3O2/c1-16(2,3)21-15(20)18(4)14-8-10-19(12-14)11-13-7-5-6-9-17-13/h5-7,9,14H,8,10-12H2,1-4H3/t14-/m1/s1. The summed E-state index contributed by atoms with van der Waals surface area (Å²) in [6, 6.07) is 6.17. The third-order valence-corrected chi connectivity index (χ3v) is 3.59. The molecular weight excluding hydrogens is 266 g/mol. The molecule has 2 rings (SSSR count). The highest BCUT2D eigenvalue weighted by molar-refractivity contribution is 5.68. The van der Waals surface area contributed by atoms with Gasteiger partial charge in [0.1, 0.15) is 5.60 Å². The van der Waals surface area contributed by atoms with Crippen molar-refractivity contribution in [3.63, 3.8) is 0 Å². The number of amides is 1. The number of pyridine rings is 1. The van der Waals surface area contributed by atoms with Crippen LogP contribution in [0.15, 0.2) is 24.4 Å². The van der Waals surface area contributed by atoms with E-state index in [9.17, 15) is 4.79 Å². The number of rotatable bonds is 3. The molecule has 2 heterocycles. The third-order valence-electron chi connectivity index (χ3n) is 3.59. The van der Waals surface area contributed by atoms with Crippen molar-refractivity contribution in [3.05, 3.63) is 30.1 Å². The number of hydrogen-bond donors (Lipinski definition) is 0. The number of likely N-dealkylation sites (N-methyl/N-ethyl adjacent to an activating group) is 1. The van der Waals surface area contributed by atoms with E-state index in [0.717, 1.165) is 31.7 Å². The van der Waals surface area contributed by atoms with Crippen LogP contribution in [0.25, 0.3) is 0 Å². The van der Waals surface area contributed by atoms with E-state index in [2.05, 4.69) is 9.88 Å².